The van der Waals surface area contributed by atoms with Crippen molar-refractivity contribution in [1.82, 2.24) is 15.1 Å². The van der Waals surface area contributed by atoms with Crippen LogP contribution in [-0.4, -0.2) is 34.1 Å². The summed E-state index contributed by atoms with van der Waals surface area (Å²) < 4.78 is 14.5. The summed E-state index contributed by atoms with van der Waals surface area (Å²) >= 11 is 16.3. The van der Waals surface area contributed by atoms with Crippen molar-refractivity contribution < 1.29 is 14.3 Å². The fourth-order valence-corrected chi connectivity index (χ4v) is 4.80. The van der Waals surface area contributed by atoms with Crippen molar-refractivity contribution in [2.75, 3.05) is 6.61 Å². The minimum absolute atomic E-state index is 0.156. The zero-order valence-electron chi connectivity index (χ0n) is 19.9. The summed E-state index contributed by atoms with van der Waals surface area (Å²) in [6, 6.07) is 12.9. The second-order valence-electron chi connectivity index (χ2n) is 9.50. The predicted molar refractivity (Wildman–Crippen MR) is 142 cm³/mol. The molecule has 9 heteroatoms. The highest BCUT2D eigenvalue weighted by Gasteiger charge is 2.29. The number of halogens is 3. The van der Waals surface area contributed by atoms with Gasteiger partial charge in [0.1, 0.15) is 0 Å². The molecule has 1 amide bonds. The molecule has 1 aliphatic heterocycles. The molecule has 0 aliphatic carbocycles. The number of rotatable bonds is 6. The Kier molecular flexibility index (Phi) is 8.23. The van der Waals surface area contributed by atoms with Gasteiger partial charge >= 0.3 is 0 Å². The minimum Gasteiger partial charge on any atom is -0.353 e. The number of amides is 1. The number of hydrogen-bond donors (Lipinski definition) is 1. The molecule has 0 saturated carbocycles. The standard InChI is InChI=1S/C26H28BrCl2N3O3/c1-26(2,3)30-25(33)23-19(15-35-22-6-4-5-13-34-22)24(16-7-10-18(28)11-8-16)32(31-23)21-12-9-17(27)14-20(21)29/h7-12,14,22H,4-6,13,15H2,1-3H3,(H,30,33). The molecule has 1 aromatic heterocycles. The maximum atomic E-state index is 13.4. The van der Waals surface area contributed by atoms with Gasteiger partial charge in [0.15, 0.2) is 12.0 Å². The van der Waals surface area contributed by atoms with E-state index in [1.54, 1.807) is 22.9 Å². The van der Waals surface area contributed by atoms with E-state index in [9.17, 15) is 4.79 Å². The summed E-state index contributed by atoms with van der Waals surface area (Å²) in [4.78, 5) is 13.4. The van der Waals surface area contributed by atoms with Gasteiger partial charge < -0.3 is 14.8 Å². The molecule has 1 saturated heterocycles. The molecule has 3 aromatic rings. The second-order valence-corrected chi connectivity index (χ2v) is 11.3. The zero-order chi connectivity index (χ0) is 25.2. The van der Waals surface area contributed by atoms with Crippen LogP contribution in [0.3, 0.4) is 0 Å². The van der Waals surface area contributed by atoms with Crippen LogP contribution < -0.4 is 5.32 Å². The molecular formula is C26H28BrCl2N3O3. The van der Waals surface area contributed by atoms with Gasteiger partial charge in [-0.2, -0.15) is 5.10 Å². The number of aromatic nitrogens is 2. The molecule has 2 aromatic carbocycles. The number of carbonyl (C=O) groups excluding carboxylic acids is 1. The maximum absolute atomic E-state index is 13.4. The Morgan fingerprint density at radius 2 is 1.94 bits per heavy atom. The van der Waals surface area contributed by atoms with E-state index < -0.39 is 5.54 Å². The minimum atomic E-state index is -0.443. The number of benzene rings is 2. The third-order valence-corrected chi connectivity index (χ3v) is 6.54. The fraction of sp³-hybridized carbons (Fsp3) is 0.385. The Balaban J connectivity index is 1.88. The lowest BCUT2D eigenvalue weighted by Crippen LogP contribution is -2.41. The summed E-state index contributed by atoms with van der Waals surface area (Å²) in [5.41, 5.74) is 2.67. The van der Waals surface area contributed by atoms with E-state index in [0.717, 1.165) is 29.3 Å². The van der Waals surface area contributed by atoms with Crippen LogP contribution in [0.25, 0.3) is 16.9 Å². The van der Waals surface area contributed by atoms with E-state index in [4.69, 9.17) is 37.8 Å². The van der Waals surface area contributed by atoms with Gasteiger partial charge in [-0.15, -0.1) is 0 Å². The largest absolute Gasteiger partial charge is 0.353 e. The van der Waals surface area contributed by atoms with E-state index in [1.165, 1.54) is 0 Å². The van der Waals surface area contributed by atoms with Crippen molar-refractivity contribution >= 4 is 45.0 Å². The predicted octanol–water partition coefficient (Wildman–Crippen LogP) is 7.18. The molecule has 6 nitrogen and oxygen atoms in total. The third-order valence-electron chi connectivity index (χ3n) is 5.49. The highest BCUT2D eigenvalue weighted by atomic mass is 79.9. The van der Waals surface area contributed by atoms with Crippen LogP contribution >= 0.6 is 39.1 Å². The molecule has 1 N–H and O–H groups in total. The van der Waals surface area contributed by atoms with Gasteiger partial charge in [0.25, 0.3) is 5.91 Å². The van der Waals surface area contributed by atoms with Crippen molar-refractivity contribution in [3.8, 4) is 16.9 Å². The Morgan fingerprint density at radius 1 is 1.20 bits per heavy atom. The zero-order valence-corrected chi connectivity index (χ0v) is 23.0. The van der Waals surface area contributed by atoms with Gasteiger partial charge in [-0.05, 0) is 70.4 Å². The van der Waals surface area contributed by atoms with Crippen LogP contribution in [0.4, 0.5) is 0 Å². The second kappa shape index (κ2) is 11.0. The quantitative estimate of drug-likeness (QED) is 0.335. The van der Waals surface area contributed by atoms with Gasteiger partial charge in [0.05, 0.1) is 23.0 Å². The first kappa shape index (κ1) is 26.2. The van der Waals surface area contributed by atoms with E-state index in [2.05, 4.69) is 21.2 Å². The molecule has 2 heterocycles. The van der Waals surface area contributed by atoms with Gasteiger partial charge in [0.2, 0.25) is 0 Å². The Bertz CT molecular complexity index is 1200. The molecule has 0 bridgehead atoms. The number of hydrogen-bond acceptors (Lipinski definition) is 4. The van der Waals surface area contributed by atoms with Crippen LogP contribution in [0.2, 0.25) is 10.0 Å². The van der Waals surface area contributed by atoms with Crippen molar-refractivity contribution in [3.05, 3.63) is 68.2 Å². The number of nitrogens with one attached hydrogen (secondary N) is 1. The third kappa shape index (κ3) is 6.46. The number of carbonyl (C=O) groups is 1. The lowest BCUT2D eigenvalue weighted by atomic mass is 10.0. The molecule has 186 valence electrons. The first-order valence-electron chi connectivity index (χ1n) is 11.5. The normalized spacial score (nSPS) is 16.3. The van der Waals surface area contributed by atoms with Crippen LogP contribution in [-0.2, 0) is 16.1 Å². The van der Waals surface area contributed by atoms with Crippen LogP contribution in [0, 0.1) is 0 Å². The van der Waals surface area contributed by atoms with Gasteiger partial charge in [0, 0.05) is 32.8 Å². The summed E-state index contributed by atoms with van der Waals surface area (Å²) in [6.45, 7) is 6.61. The average molecular weight is 581 g/mol. The molecule has 1 unspecified atom stereocenters. The molecule has 1 aliphatic rings. The number of ether oxygens (including phenoxy) is 2. The molecule has 4 rings (SSSR count). The van der Waals surface area contributed by atoms with Crippen molar-refractivity contribution in [3.63, 3.8) is 0 Å². The van der Waals surface area contributed by atoms with Gasteiger partial charge in [-0.25, -0.2) is 4.68 Å². The van der Waals surface area contributed by atoms with Gasteiger partial charge in [-0.1, -0.05) is 51.3 Å². The SMILES string of the molecule is CC(C)(C)NC(=O)c1nn(-c2ccc(Br)cc2Cl)c(-c2ccc(Cl)cc2)c1COC1CCCCO1. The lowest BCUT2D eigenvalue weighted by molar-refractivity contribution is -0.168. The molecule has 1 atom stereocenters. The first-order chi connectivity index (χ1) is 16.6. The average Bonchev–Trinajstić information content (AvgIpc) is 3.17. The maximum Gasteiger partial charge on any atom is 0.272 e. The van der Waals surface area contributed by atoms with Crippen molar-refractivity contribution in [1.29, 1.82) is 0 Å². The van der Waals surface area contributed by atoms with Crippen LogP contribution in [0.5, 0.6) is 0 Å². The highest BCUT2D eigenvalue weighted by molar-refractivity contribution is 9.10. The molecule has 0 radical (unpaired) electrons. The first-order valence-corrected chi connectivity index (χ1v) is 13.1. The molecule has 0 spiro atoms. The fourth-order valence-electron chi connectivity index (χ4n) is 3.92. The van der Waals surface area contributed by atoms with Crippen LogP contribution in [0.15, 0.2) is 46.9 Å². The molecule has 35 heavy (non-hydrogen) atoms. The van der Waals surface area contributed by atoms with Crippen LogP contribution in [0.1, 0.15) is 56.1 Å². The Morgan fingerprint density at radius 3 is 2.57 bits per heavy atom. The molecular weight excluding hydrogens is 553 g/mol. The summed E-state index contributed by atoms with van der Waals surface area (Å²) in [5.74, 6) is -0.289. The summed E-state index contributed by atoms with van der Waals surface area (Å²) in [6.07, 6.45) is 2.56. The van der Waals surface area contributed by atoms with Crippen molar-refractivity contribution in [2.45, 2.75) is 58.5 Å². The topological polar surface area (TPSA) is 65.4 Å². The van der Waals surface area contributed by atoms with E-state index in [-0.39, 0.29) is 24.5 Å². The van der Waals surface area contributed by atoms with Gasteiger partial charge in [-0.3, -0.25) is 4.79 Å². The highest BCUT2D eigenvalue weighted by Crippen LogP contribution is 2.35. The molecule has 1 fully saturated rings. The Hall–Kier alpha value is -1.90. The summed E-state index contributed by atoms with van der Waals surface area (Å²) in [7, 11) is 0. The lowest BCUT2D eigenvalue weighted by Gasteiger charge is -2.23. The van der Waals surface area contributed by atoms with E-state index >= 15 is 0 Å². The number of nitrogens with zero attached hydrogens (tertiary/aromatic N) is 2. The summed E-state index contributed by atoms with van der Waals surface area (Å²) in [5, 5.41) is 8.90. The van der Waals surface area contributed by atoms with E-state index in [0.29, 0.717) is 33.6 Å². The Labute approximate surface area is 224 Å². The monoisotopic (exact) mass is 579 g/mol. The van der Waals surface area contributed by atoms with Crippen molar-refractivity contribution in [2.24, 2.45) is 0 Å². The smallest absolute Gasteiger partial charge is 0.272 e. The van der Waals surface area contributed by atoms with E-state index in [1.807, 2.05) is 45.0 Å².